The molecule has 0 saturated carbocycles. The Morgan fingerprint density at radius 1 is 1.10 bits per heavy atom. The van der Waals surface area contributed by atoms with Crippen LogP contribution in [0.5, 0.6) is 0 Å². The summed E-state index contributed by atoms with van der Waals surface area (Å²) < 4.78 is 0.978. The van der Waals surface area contributed by atoms with Crippen LogP contribution in [0.25, 0.3) is 10.9 Å². The molecule has 0 atom stereocenters. The van der Waals surface area contributed by atoms with Gasteiger partial charge in [-0.1, -0.05) is 35.8 Å². The monoisotopic (exact) mass is 484 g/mol. The predicted molar refractivity (Wildman–Crippen MR) is 128 cm³/mol. The van der Waals surface area contributed by atoms with E-state index in [0.29, 0.717) is 12.0 Å². The standard InChI is InChI=1S/C16H14BrN3O.C5H5NO2.C2H6/c1-18-12-4-6-13(7-5-12)19-16(21)15-8-10-2-3-11(17)9-14(10)20-15;1-4(8)5(2-6)3-7;1-2/h2-9,18,20H,1H3,(H,19,21);3,7H,1H3;1-2H3/b;5-3+;. The molecule has 3 aromatic rings. The molecule has 0 bridgehead atoms. The Balaban J connectivity index is 0.000000409. The van der Waals surface area contributed by atoms with E-state index in [4.69, 9.17) is 10.4 Å². The summed E-state index contributed by atoms with van der Waals surface area (Å²) in [7, 11) is 1.86. The number of nitrogens with zero attached hydrogens (tertiary/aromatic N) is 1. The van der Waals surface area contributed by atoms with Crippen LogP contribution < -0.4 is 10.6 Å². The van der Waals surface area contributed by atoms with Crippen molar-refractivity contribution in [1.82, 2.24) is 4.98 Å². The molecule has 0 radical (unpaired) electrons. The van der Waals surface area contributed by atoms with E-state index in [9.17, 15) is 9.59 Å². The number of Topliss-reactive ketones (excluding diaryl/α,β-unsaturated/α-hetero) is 1. The SMILES string of the molecule is CC.CC(=O)/C(C#N)=C/O.CNc1ccc(NC(=O)c2cc3ccc(Br)cc3[nH]2)cc1. The number of hydrogen-bond acceptors (Lipinski definition) is 5. The first-order valence-electron chi connectivity index (χ1n) is 9.50. The van der Waals surface area contributed by atoms with Crippen LogP contribution in [0.3, 0.4) is 0 Å². The number of nitrogens with one attached hydrogen (secondary N) is 3. The van der Waals surface area contributed by atoms with Crippen LogP contribution in [0, 0.1) is 11.3 Å². The van der Waals surface area contributed by atoms with Crippen LogP contribution in [0.15, 0.2) is 64.8 Å². The lowest BCUT2D eigenvalue weighted by Crippen LogP contribution is -2.12. The normalized spacial score (nSPS) is 10.0. The topological polar surface area (TPSA) is 118 Å². The number of H-pyrrole nitrogens is 1. The molecule has 3 rings (SSSR count). The van der Waals surface area contributed by atoms with Crippen LogP contribution in [0.2, 0.25) is 0 Å². The van der Waals surface area contributed by atoms with Crippen molar-refractivity contribution in [2.45, 2.75) is 20.8 Å². The summed E-state index contributed by atoms with van der Waals surface area (Å²) in [6.45, 7) is 5.21. The third kappa shape index (κ3) is 7.64. The fraction of sp³-hybridized carbons (Fsp3) is 0.174. The highest BCUT2D eigenvalue weighted by molar-refractivity contribution is 9.10. The Morgan fingerprint density at radius 2 is 1.71 bits per heavy atom. The number of fused-ring (bicyclic) bond motifs is 1. The van der Waals surface area contributed by atoms with Crippen LogP contribution in [0.4, 0.5) is 11.4 Å². The Kier molecular flexibility index (Phi) is 10.6. The van der Waals surface area contributed by atoms with Crippen LogP contribution in [0.1, 0.15) is 31.3 Å². The Labute approximate surface area is 189 Å². The average molecular weight is 485 g/mol. The quantitative estimate of drug-likeness (QED) is 0.212. The number of carbonyl (C=O) groups is 2. The molecule has 2 aromatic carbocycles. The minimum Gasteiger partial charge on any atom is -0.514 e. The van der Waals surface area contributed by atoms with Gasteiger partial charge in [-0.05, 0) is 49.4 Å². The van der Waals surface area contributed by atoms with E-state index in [-0.39, 0.29) is 11.5 Å². The molecular formula is C23H25BrN4O3. The number of hydrogen-bond donors (Lipinski definition) is 4. The number of rotatable bonds is 4. The molecule has 7 nitrogen and oxygen atoms in total. The van der Waals surface area contributed by atoms with Crippen LogP contribution >= 0.6 is 15.9 Å². The second-order valence-electron chi connectivity index (χ2n) is 5.91. The molecular weight excluding hydrogens is 460 g/mol. The number of aromatic amines is 1. The minimum absolute atomic E-state index is 0.153. The number of halogens is 1. The van der Waals surface area contributed by atoms with Crippen molar-refractivity contribution in [1.29, 1.82) is 5.26 Å². The molecule has 1 amide bonds. The molecule has 0 saturated heterocycles. The molecule has 0 aliphatic rings. The van der Waals surface area contributed by atoms with E-state index < -0.39 is 5.78 Å². The summed E-state index contributed by atoms with van der Waals surface area (Å²) >= 11 is 3.42. The van der Waals surface area contributed by atoms with Gasteiger partial charge < -0.3 is 20.7 Å². The van der Waals surface area contributed by atoms with Crippen LogP contribution in [-0.2, 0) is 4.79 Å². The lowest BCUT2D eigenvalue weighted by Gasteiger charge is -2.05. The van der Waals surface area contributed by atoms with Gasteiger partial charge in [0.25, 0.3) is 5.91 Å². The number of aromatic nitrogens is 1. The van der Waals surface area contributed by atoms with Crippen molar-refractivity contribution in [2.24, 2.45) is 0 Å². The number of anilines is 2. The van der Waals surface area contributed by atoms with Gasteiger partial charge in [0.2, 0.25) is 0 Å². The first-order chi connectivity index (χ1) is 14.9. The molecule has 0 fully saturated rings. The van der Waals surface area contributed by atoms with Gasteiger partial charge in [-0.25, -0.2) is 0 Å². The van der Waals surface area contributed by atoms with Crippen molar-refractivity contribution in [3.05, 3.63) is 70.5 Å². The van der Waals surface area contributed by atoms with E-state index in [0.717, 1.165) is 26.8 Å². The Bertz CT molecular complexity index is 1100. The number of benzene rings is 2. The molecule has 0 aliphatic carbocycles. The summed E-state index contributed by atoms with van der Waals surface area (Å²) in [5.74, 6) is -0.575. The number of ketones is 1. The smallest absolute Gasteiger partial charge is 0.272 e. The van der Waals surface area contributed by atoms with Crippen LogP contribution in [-0.4, -0.2) is 28.8 Å². The van der Waals surface area contributed by atoms with Gasteiger partial charge in [0.1, 0.15) is 23.6 Å². The zero-order valence-corrected chi connectivity index (χ0v) is 19.4. The minimum atomic E-state index is -0.421. The zero-order chi connectivity index (χ0) is 23.4. The molecule has 162 valence electrons. The molecule has 0 unspecified atom stereocenters. The van der Waals surface area contributed by atoms with E-state index >= 15 is 0 Å². The van der Waals surface area contributed by atoms with Gasteiger partial charge in [-0.15, -0.1) is 0 Å². The average Bonchev–Trinajstić information content (AvgIpc) is 3.20. The number of amides is 1. The highest BCUT2D eigenvalue weighted by atomic mass is 79.9. The lowest BCUT2D eigenvalue weighted by atomic mass is 10.2. The van der Waals surface area contributed by atoms with E-state index in [1.54, 1.807) is 0 Å². The van der Waals surface area contributed by atoms with E-state index in [2.05, 4.69) is 31.5 Å². The van der Waals surface area contributed by atoms with Gasteiger partial charge in [-0.2, -0.15) is 5.26 Å². The van der Waals surface area contributed by atoms with Gasteiger partial charge in [0.15, 0.2) is 5.78 Å². The molecule has 0 aliphatic heterocycles. The molecule has 31 heavy (non-hydrogen) atoms. The van der Waals surface area contributed by atoms with Gasteiger partial charge >= 0.3 is 0 Å². The summed E-state index contributed by atoms with van der Waals surface area (Å²) in [6, 6.07) is 16.8. The second kappa shape index (κ2) is 12.9. The largest absolute Gasteiger partial charge is 0.514 e. The van der Waals surface area contributed by atoms with Crippen molar-refractivity contribution < 1.29 is 14.7 Å². The third-order valence-corrected chi connectivity index (χ3v) is 4.38. The third-order valence-electron chi connectivity index (χ3n) is 3.89. The summed E-state index contributed by atoms with van der Waals surface area (Å²) in [6.07, 6.45) is 0.502. The molecule has 0 spiro atoms. The number of carbonyl (C=O) groups excluding carboxylic acids is 2. The van der Waals surface area contributed by atoms with Crippen molar-refractivity contribution in [2.75, 3.05) is 17.7 Å². The Hall–Kier alpha value is -3.57. The fourth-order valence-corrected chi connectivity index (χ4v) is 2.70. The fourth-order valence-electron chi connectivity index (χ4n) is 2.34. The van der Waals surface area contributed by atoms with Gasteiger partial charge in [-0.3, -0.25) is 9.59 Å². The highest BCUT2D eigenvalue weighted by Crippen LogP contribution is 2.21. The van der Waals surface area contributed by atoms with Crippen molar-refractivity contribution >= 4 is 49.9 Å². The number of aliphatic hydroxyl groups is 1. The highest BCUT2D eigenvalue weighted by Gasteiger charge is 2.10. The number of allylic oxidation sites excluding steroid dienone is 1. The molecule has 1 aromatic heterocycles. The maximum Gasteiger partial charge on any atom is 0.272 e. The molecule has 4 N–H and O–H groups in total. The Morgan fingerprint density at radius 3 is 2.19 bits per heavy atom. The zero-order valence-electron chi connectivity index (χ0n) is 17.8. The predicted octanol–water partition coefficient (Wildman–Crippen LogP) is 5.79. The number of aliphatic hydroxyl groups excluding tert-OH is 1. The second-order valence-corrected chi connectivity index (χ2v) is 6.82. The van der Waals surface area contributed by atoms with Gasteiger partial charge in [0, 0.05) is 33.8 Å². The first kappa shape index (κ1) is 25.5. The van der Waals surface area contributed by atoms with Crippen molar-refractivity contribution in [3.63, 3.8) is 0 Å². The summed E-state index contributed by atoms with van der Waals surface area (Å²) in [5.41, 5.74) is 3.02. The first-order valence-corrected chi connectivity index (χ1v) is 10.3. The van der Waals surface area contributed by atoms with Crippen molar-refractivity contribution in [3.8, 4) is 6.07 Å². The number of nitriles is 1. The summed E-state index contributed by atoms with van der Waals surface area (Å²) in [5, 5.41) is 23.0. The molecule has 8 heteroatoms. The molecule has 1 heterocycles. The summed E-state index contributed by atoms with van der Waals surface area (Å²) in [4.78, 5) is 25.5. The van der Waals surface area contributed by atoms with E-state index in [1.807, 2.05) is 69.4 Å². The van der Waals surface area contributed by atoms with Gasteiger partial charge in [0.05, 0.1) is 0 Å². The lowest BCUT2D eigenvalue weighted by molar-refractivity contribution is -0.113. The maximum absolute atomic E-state index is 12.3. The van der Waals surface area contributed by atoms with E-state index in [1.165, 1.54) is 13.0 Å². The maximum atomic E-state index is 12.3.